The molecule has 0 aromatic heterocycles. The van der Waals surface area contributed by atoms with Crippen molar-refractivity contribution in [2.75, 3.05) is 52.4 Å². The molecule has 5 nitrogen and oxygen atoms in total. The summed E-state index contributed by atoms with van der Waals surface area (Å²) in [4.78, 5) is 15.8. The van der Waals surface area contributed by atoms with Crippen LogP contribution in [0.3, 0.4) is 0 Å². The van der Waals surface area contributed by atoms with Crippen molar-refractivity contribution < 1.29 is 4.79 Å². The Hall–Kier alpha value is -0.650. The molecule has 16 heavy (non-hydrogen) atoms. The summed E-state index contributed by atoms with van der Waals surface area (Å²) in [7, 11) is 0. The molecule has 3 N–H and O–H groups in total. The van der Waals surface area contributed by atoms with Crippen LogP contribution in [0.5, 0.6) is 0 Å². The van der Waals surface area contributed by atoms with Crippen LogP contribution in [0.4, 0.5) is 0 Å². The summed E-state index contributed by atoms with van der Waals surface area (Å²) in [5, 5.41) is 2.79. The van der Waals surface area contributed by atoms with Gasteiger partial charge in [0.15, 0.2) is 0 Å². The van der Waals surface area contributed by atoms with Gasteiger partial charge in [-0.15, -0.1) is 0 Å². The normalized spacial score (nSPS) is 18.6. The summed E-state index contributed by atoms with van der Waals surface area (Å²) in [5.74, 6) is -0.0594. The van der Waals surface area contributed by atoms with Crippen LogP contribution in [0, 0.1) is 0 Å². The molecule has 0 spiro atoms. The van der Waals surface area contributed by atoms with Gasteiger partial charge in [-0.2, -0.15) is 0 Å². The lowest BCUT2D eigenvalue weighted by Gasteiger charge is -2.33. The van der Waals surface area contributed by atoms with Crippen molar-refractivity contribution in [1.29, 1.82) is 0 Å². The highest BCUT2D eigenvalue weighted by Gasteiger charge is 2.14. The number of nitrogens with two attached hydrogens (primary N) is 1. The number of nitrogens with zero attached hydrogens (tertiary/aromatic N) is 2. The van der Waals surface area contributed by atoms with Crippen molar-refractivity contribution in [2.24, 2.45) is 5.73 Å². The fourth-order valence-corrected chi connectivity index (χ4v) is 1.93. The second-order valence-corrected chi connectivity index (χ2v) is 4.18. The highest BCUT2D eigenvalue weighted by molar-refractivity contribution is 5.77. The summed E-state index contributed by atoms with van der Waals surface area (Å²) in [5.41, 5.74) is 5.20. The molecule has 1 rings (SSSR count). The Balaban J connectivity index is 2.00. The summed E-state index contributed by atoms with van der Waals surface area (Å²) in [6, 6.07) is 0. The monoisotopic (exact) mass is 228 g/mol. The molecule has 0 atom stereocenters. The Morgan fingerprint density at radius 1 is 1.25 bits per heavy atom. The molecule has 0 unspecified atom stereocenters. The van der Waals surface area contributed by atoms with Crippen molar-refractivity contribution in [1.82, 2.24) is 15.1 Å². The van der Waals surface area contributed by atoms with E-state index < -0.39 is 0 Å². The molecule has 0 bridgehead atoms. The average molecular weight is 228 g/mol. The third kappa shape index (κ3) is 4.92. The average Bonchev–Trinajstić information content (AvgIpc) is 2.35. The van der Waals surface area contributed by atoms with Gasteiger partial charge in [-0.25, -0.2) is 0 Å². The van der Waals surface area contributed by atoms with Crippen molar-refractivity contribution >= 4 is 5.91 Å². The Morgan fingerprint density at radius 2 is 1.88 bits per heavy atom. The van der Waals surface area contributed by atoms with Gasteiger partial charge >= 0.3 is 0 Å². The number of rotatable bonds is 6. The Bertz CT molecular complexity index is 202. The minimum atomic E-state index is -0.0594. The first-order valence-corrected chi connectivity index (χ1v) is 6.17. The Labute approximate surface area is 98.0 Å². The minimum absolute atomic E-state index is 0.0594. The van der Waals surface area contributed by atoms with Gasteiger partial charge in [-0.05, 0) is 19.5 Å². The van der Waals surface area contributed by atoms with Gasteiger partial charge in [-0.1, -0.05) is 6.92 Å². The second kappa shape index (κ2) is 7.60. The van der Waals surface area contributed by atoms with Crippen molar-refractivity contribution in [3.63, 3.8) is 0 Å². The number of piperazine rings is 1. The molecule has 0 aliphatic carbocycles. The lowest BCUT2D eigenvalue weighted by molar-refractivity contribution is -0.119. The van der Waals surface area contributed by atoms with E-state index in [4.69, 9.17) is 5.73 Å². The molecule has 1 saturated heterocycles. The van der Waals surface area contributed by atoms with E-state index in [2.05, 4.69) is 22.0 Å². The summed E-state index contributed by atoms with van der Waals surface area (Å²) in [6.07, 6.45) is 1.01. The van der Waals surface area contributed by atoms with Crippen molar-refractivity contribution in [3.05, 3.63) is 0 Å². The molecule has 1 amide bonds. The molecular weight excluding hydrogens is 204 g/mol. The zero-order valence-electron chi connectivity index (χ0n) is 10.2. The number of nitrogens with one attached hydrogen (secondary N) is 1. The van der Waals surface area contributed by atoms with Gasteiger partial charge in [-0.3, -0.25) is 4.79 Å². The van der Waals surface area contributed by atoms with Crippen LogP contribution in [0.15, 0.2) is 0 Å². The quantitative estimate of drug-likeness (QED) is 0.578. The van der Waals surface area contributed by atoms with E-state index in [0.29, 0.717) is 0 Å². The number of carbonyl (C=O) groups is 1. The molecule has 1 heterocycles. The topological polar surface area (TPSA) is 61.6 Å². The van der Waals surface area contributed by atoms with E-state index in [9.17, 15) is 4.79 Å². The van der Waals surface area contributed by atoms with Crippen LogP contribution >= 0.6 is 0 Å². The fourth-order valence-electron chi connectivity index (χ4n) is 1.93. The van der Waals surface area contributed by atoms with E-state index in [0.717, 1.165) is 39.1 Å². The summed E-state index contributed by atoms with van der Waals surface area (Å²) in [6.45, 7) is 9.91. The zero-order chi connectivity index (χ0) is 11.8. The van der Waals surface area contributed by atoms with Gasteiger partial charge in [0.25, 0.3) is 0 Å². The van der Waals surface area contributed by atoms with Gasteiger partial charge < -0.3 is 20.9 Å². The maximum Gasteiger partial charge on any atom is 0.233 e. The number of carbonyl (C=O) groups excluding carboxylic acids is 1. The molecule has 0 radical (unpaired) electrons. The van der Waals surface area contributed by atoms with E-state index in [-0.39, 0.29) is 12.5 Å². The van der Waals surface area contributed by atoms with Gasteiger partial charge in [0, 0.05) is 32.7 Å². The van der Waals surface area contributed by atoms with Gasteiger partial charge in [0.1, 0.15) is 0 Å². The third-order valence-electron chi connectivity index (χ3n) is 3.07. The lowest BCUT2D eigenvalue weighted by atomic mass is 10.3. The van der Waals surface area contributed by atoms with E-state index in [1.807, 2.05) is 0 Å². The molecule has 0 aromatic carbocycles. The van der Waals surface area contributed by atoms with Crippen molar-refractivity contribution in [2.45, 2.75) is 13.3 Å². The largest absolute Gasteiger partial charge is 0.355 e. The number of amides is 1. The maximum atomic E-state index is 10.9. The summed E-state index contributed by atoms with van der Waals surface area (Å²) >= 11 is 0. The van der Waals surface area contributed by atoms with Crippen LogP contribution in [0.2, 0.25) is 0 Å². The minimum Gasteiger partial charge on any atom is -0.355 e. The lowest BCUT2D eigenvalue weighted by Crippen LogP contribution is -2.46. The molecule has 0 aromatic rings. The number of hydrogen-bond acceptors (Lipinski definition) is 4. The van der Waals surface area contributed by atoms with Crippen LogP contribution < -0.4 is 11.1 Å². The second-order valence-electron chi connectivity index (χ2n) is 4.18. The maximum absolute atomic E-state index is 10.9. The molecular formula is C11H24N4O. The van der Waals surface area contributed by atoms with Crippen LogP contribution in [0.25, 0.3) is 0 Å². The Morgan fingerprint density at radius 3 is 2.44 bits per heavy atom. The zero-order valence-corrected chi connectivity index (χ0v) is 10.2. The molecule has 1 aliphatic heterocycles. The molecule has 1 aliphatic rings. The number of likely N-dealkylation sites (N-methyl/N-ethyl adjacent to an activating group) is 1. The van der Waals surface area contributed by atoms with Crippen LogP contribution in [-0.4, -0.2) is 68.1 Å². The summed E-state index contributed by atoms with van der Waals surface area (Å²) < 4.78 is 0. The molecule has 1 fully saturated rings. The first kappa shape index (κ1) is 13.4. The van der Waals surface area contributed by atoms with Crippen molar-refractivity contribution in [3.8, 4) is 0 Å². The van der Waals surface area contributed by atoms with Gasteiger partial charge in [0.05, 0.1) is 6.54 Å². The SMILES string of the molecule is CCN1CCN(CCCNC(=O)CN)CC1. The first-order valence-electron chi connectivity index (χ1n) is 6.17. The fraction of sp³-hybridized carbons (Fsp3) is 0.909. The molecule has 5 heteroatoms. The van der Waals surface area contributed by atoms with E-state index >= 15 is 0 Å². The Kier molecular flexibility index (Phi) is 6.37. The third-order valence-corrected chi connectivity index (χ3v) is 3.07. The van der Waals surface area contributed by atoms with Crippen LogP contribution in [0.1, 0.15) is 13.3 Å². The van der Waals surface area contributed by atoms with E-state index in [1.54, 1.807) is 0 Å². The van der Waals surface area contributed by atoms with Gasteiger partial charge in [0.2, 0.25) is 5.91 Å². The first-order chi connectivity index (χ1) is 7.76. The number of hydrogen-bond donors (Lipinski definition) is 2. The smallest absolute Gasteiger partial charge is 0.233 e. The van der Waals surface area contributed by atoms with E-state index in [1.165, 1.54) is 13.1 Å². The molecule has 94 valence electrons. The predicted molar refractivity (Wildman–Crippen MR) is 65.2 cm³/mol. The van der Waals surface area contributed by atoms with Crippen LogP contribution in [-0.2, 0) is 4.79 Å². The highest BCUT2D eigenvalue weighted by atomic mass is 16.1. The highest BCUT2D eigenvalue weighted by Crippen LogP contribution is 2.01. The molecule has 0 saturated carbocycles. The predicted octanol–water partition coefficient (Wildman–Crippen LogP) is -0.911. The standard InChI is InChI=1S/C11H24N4O/c1-2-14-6-8-15(9-7-14)5-3-4-13-11(16)10-12/h2-10,12H2,1H3,(H,13,16).